The summed E-state index contributed by atoms with van der Waals surface area (Å²) in [6.45, 7) is 0.212. The summed E-state index contributed by atoms with van der Waals surface area (Å²) in [5, 5.41) is 10.3. The number of halogens is 1. The summed E-state index contributed by atoms with van der Waals surface area (Å²) >= 11 is 7.30. The van der Waals surface area contributed by atoms with E-state index in [1.807, 2.05) is 30.3 Å². The Bertz CT molecular complexity index is 1020. The van der Waals surface area contributed by atoms with Crippen molar-refractivity contribution in [1.82, 2.24) is 15.2 Å². The number of hydrogen-bond donors (Lipinski definition) is 0. The van der Waals surface area contributed by atoms with Crippen LogP contribution in [0.1, 0.15) is 11.6 Å². The van der Waals surface area contributed by atoms with E-state index >= 15 is 0 Å². The summed E-state index contributed by atoms with van der Waals surface area (Å²) in [6, 6.07) is 19.2. The molecule has 2 aromatic heterocycles. The summed E-state index contributed by atoms with van der Waals surface area (Å²) in [7, 11) is 0. The number of rotatable bonds is 6. The number of hydrogen-bond acceptors (Lipinski definition) is 6. The molecule has 0 unspecified atom stereocenters. The van der Waals surface area contributed by atoms with E-state index in [4.69, 9.17) is 20.8 Å². The van der Waals surface area contributed by atoms with Gasteiger partial charge in [0.05, 0.1) is 11.2 Å². The molecule has 130 valence electrons. The van der Waals surface area contributed by atoms with Gasteiger partial charge in [-0.1, -0.05) is 47.6 Å². The molecule has 7 heteroatoms. The summed E-state index contributed by atoms with van der Waals surface area (Å²) in [4.78, 5) is 4.63. The van der Waals surface area contributed by atoms with E-state index in [9.17, 15) is 0 Å². The van der Waals surface area contributed by atoms with Crippen molar-refractivity contribution in [2.45, 2.75) is 17.6 Å². The third-order valence-electron chi connectivity index (χ3n) is 3.62. The number of para-hydroxylation sites is 1. The average molecular weight is 384 g/mol. The van der Waals surface area contributed by atoms with Gasteiger partial charge in [0, 0.05) is 16.2 Å². The minimum absolute atomic E-state index is 0.212. The van der Waals surface area contributed by atoms with Crippen molar-refractivity contribution in [3.63, 3.8) is 0 Å². The molecular formula is C19H14ClN3O2S. The monoisotopic (exact) mass is 383 g/mol. The Hall–Kier alpha value is -2.57. The van der Waals surface area contributed by atoms with E-state index in [1.54, 1.807) is 24.3 Å². The molecule has 0 aliphatic carbocycles. The van der Waals surface area contributed by atoms with Gasteiger partial charge in [0.2, 0.25) is 0 Å². The highest BCUT2D eigenvalue weighted by Gasteiger charge is 2.09. The van der Waals surface area contributed by atoms with E-state index in [0.717, 1.165) is 16.6 Å². The molecule has 0 bridgehead atoms. The lowest BCUT2D eigenvalue weighted by Gasteiger charge is -2.02. The second kappa shape index (κ2) is 7.76. The van der Waals surface area contributed by atoms with E-state index in [1.165, 1.54) is 11.8 Å². The van der Waals surface area contributed by atoms with Crippen molar-refractivity contribution in [3.8, 4) is 5.75 Å². The number of aromatic nitrogens is 3. The normalized spacial score (nSPS) is 11.0. The average Bonchev–Trinajstić information content (AvgIpc) is 3.14. The number of ether oxygens (including phenoxy) is 1. The highest BCUT2D eigenvalue weighted by atomic mass is 35.5. The molecule has 0 aliphatic heterocycles. The van der Waals surface area contributed by atoms with Crippen molar-refractivity contribution in [1.29, 1.82) is 0 Å². The van der Waals surface area contributed by atoms with E-state index in [0.29, 0.717) is 27.6 Å². The molecule has 0 fully saturated rings. The SMILES string of the molecule is Clc1ccc(OCc2nnc(SCc3ccc4ccccc4n3)o2)cc1. The molecule has 26 heavy (non-hydrogen) atoms. The second-order valence-electron chi connectivity index (χ2n) is 5.49. The van der Waals surface area contributed by atoms with Gasteiger partial charge in [-0.15, -0.1) is 10.2 Å². The Balaban J connectivity index is 1.34. The standard InChI is InChI=1S/C19H14ClN3O2S/c20-14-6-9-16(10-7-14)24-11-18-22-23-19(25-18)26-12-15-8-5-13-3-1-2-4-17(13)21-15/h1-10H,11-12H2. The van der Waals surface area contributed by atoms with Gasteiger partial charge in [-0.05, 0) is 36.4 Å². The van der Waals surface area contributed by atoms with Crippen LogP contribution < -0.4 is 4.74 Å². The molecule has 2 aromatic carbocycles. The maximum absolute atomic E-state index is 5.85. The zero-order chi connectivity index (χ0) is 17.8. The summed E-state index contributed by atoms with van der Waals surface area (Å²) in [5.41, 5.74) is 1.94. The largest absolute Gasteiger partial charge is 0.484 e. The lowest BCUT2D eigenvalue weighted by Crippen LogP contribution is -1.95. The zero-order valence-corrected chi connectivity index (χ0v) is 15.2. The van der Waals surface area contributed by atoms with Crippen LogP contribution in [0.25, 0.3) is 10.9 Å². The fraction of sp³-hybridized carbons (Fsp3) is 0.105. The van der Waals surface area contributed by atoms with Gasteiger partial charge in [0.25, 0.3) is 11.1 Å². The predicted octanol–water partition coefficient (Wildman–Crippen LogP) is 5.14. The van der Waals surface area contributed by atoms with Gasteiger partial charge in [-0.3, -0.25) is 4.98 Å². The Morgan fingerprint density at radius 1 is 0.962 bits per heavy atom. The van der Waals surface area contributed by atoms with E-state index in [-0.39, 0.29) is 6.61 Å². The topological polar surface area (TPSA) is 61.0 Å². The zero-order valence-electron chi connectivity index (χ0n) is 13.6. The number of benzene rings is 2. The number of thioether (sulfide) groups is 1. The first-order valence-corrected chi connectivity index (χ1v) is 9.31. The van der Waals surface area contributed by atoms with Crippen LogP contribution in [0.3, 0.4) is 0 Å². The molecule has 0 N–H and O–H groups in total. The summed E-state index contributed by atoms with van der Waals surface area (Å²) < 4.78 is 11.2. The van der Waals surface area contributed by atoms with Crippen LogP contribution in [0, 0.1) is 0 Å². The Kier molecular flexibility index (Phi) is 5.04. The first-order valence-electron chi connectivity index (χ1n) is 7.94. The predicted molar refractivity (Wildman–Crippen MR) is 101 cm³/mol. The maximum Gasteiger partial charge on any atom is 0.277 e. The highest BCUT2D eigenvalue weighted by Crippen LogP contribution is 2.23. The molecule has 5 nitrogen and oxygen atoms in total. The first-order chi connectivity index (χ1) is 12.8. The van der Waals surface area contributed by atoms with Crippen LogP contribution in [0.15, 0.2) is 70.3 Å². The Morgan fingerprint density at radius 2 is 1.81 bits per heavy atom. The third kappa shape index (κ3) is 4.15. The van der Waals surface area contributed by atoms with Crippen LogP contribution in [0.5, 0.6) is 5.75 Å². The molecule has 0 saturated carbocycles. The molecule has 0 amide bonds. The molecule has 0 atom stereocenters. The van der Waals surface area contributed by atoms with Crippen molar-refractivity contribution < 1.29 is 9.15 Å². The number of nitrogens with zero attached hydrogens (tertiary/aromatic N) is 3. The van der Waals surface area contributed by atoms with Gasteiger partial charge < -0.3 is 9.15 Å². The molecule has 0 radical (unpaired) electrons. The second-order valence-corrected chi connectivity index (χ2v) is 6.85. The van der Waals surface area contributed by atoms with E-state index < -0.39 is 0 Å². The number of pyridine rings is 1. The molecule has 2 heterocycles. The maximum atomic E-state index is 5.85. The van der Waals surface area contributed by atoms with Crippen LogP contribution in [-0.2, 0) is 12.4 Å². The van der Waals surface area contributed by atoms with Crippen LogP contribution >= 0.6 is 23.4 Å². The minimum atomic E-state index is 0.212. The first kappa shape index (κ1) is 16.9. The molecule has 0 saturated heterocycles. The van der Waals surface area contributed by atoms with Crippen LogP contribution in [-0.4, -0.2) is 15.2 Å². The fourth-order valence-corrected chi connectivity index (χ4v) is 3.17. The Labute approximate surface area is 159 Å². The molecule has 0 aliphatic rings. The van der Waals surface area contributed by atoms with Crippen molar-refractivity contribution in [3.05, 3.63) is 77.3 Å². The fourth-order valence-electron chi connectivity index (χ4n) is 2.36. The quantitative estimate of drug-likeness (QED) is 0.429. The lowest BCUT2D eigenvalue weighted by molar-refractivity contribution is 0.252. The molecule has 4 rings (SSSR count). The summed E-state index contributed by atoms with van der Waals surface area (Å²) in [5.74, 6) is 1.78. The van der Waals surface area contributed by atoms with Crippen molar-refractivity contribution in [2.75, 3.05) is 0 Å². The Morgan fingerprint density at radius 3 is 2.69 bits per heavy atom. The van der Waals surface area contributed by atoms with E-state index in [2.05, 4.69) is 21.2 Å². The van der Waals surface area contributed by atoms with Gasteiger partial charge in [0.1, 0.15) is 5.75 Å². The smallest absolute Gasteiger partial charge is 0.277 e. The molecule has 4 aromatic rings. The minimum Gasteiger partial charge on any atom is -0.484 e. The van der Waals surface area contributed by atoms with Crippen molar-refractivity contribution >= 4 is 34.3 Å². The van der Waals surface area contributed by atoms with Gasteiger partial charge in [0.15, 0.2) is 6.61 Å². The highest BCUT2D eigenvalue weighted by molar-refractivity contribution is 7.98. The van der Waals surface area contributed by atoms with Crippen molar-refractivity contribution in [2.24, 2.45) is 0 Å². The summed E-state index contributed by atoms with van der Waals surface area (Å²) in [6.07, 6.45) is 0. The third-order valence-corrected chi connectivity index (χ3v) is 4.73. The van der Waals surface area contributed by atoms with Crippen LogP contribution in [0.4, 0.5) is 0 Å². The molecule has 0 spiro atoms. The van der Waals surface area contributed by atoms with Gasteiger partial charge in [-0.2, -0.15) is 0 Å². The molecular weight excluding hydrogens is 370 g/mol. The van der Waals surface area contributed by atoms with Gasteiger partial charge in [-0.25, -0.2) is 0 Å². The number of fused-ring (bicyclic) bond motifs is 1. The van der Waals surface area contributed by atoms with Gasteiger partial charge >= 0.3 is 0 Å². The van der Waals surface area contributed by atoms with Crippen LogP contribution in [0.2, 0.25) is 5.02 Å². The lowest BCUT2D eigenvalue weighted by atomic mass is 10.2.